The van der Waals surface area contributed by atoms with E-state index in [1.54, 1.807) is 14.2 Å². The molecule has 1 heterocycles. The van der Waals surface area contributed by atoms with Crippen LogP contribution in [0, 0.1) is 0 Å². The first-order valence-electron chi connectivity index (χ1n) is 7.76. The first kappa shape index (κ1) is 17.4. The third-order valence-corrected chi connectivity index (χ3v) is 3.79. The molecule has 0 bridgehead atoms. The third kappa shape index (κ3) is 7.22. The molecule has 20 heavy (non-hydrogen) atoms. The van der Waals surface area contributed by atoms with E-state index >= 15 is 0 Å². The van der Waals surface area contributed by atoms with Crippen molar-refractivity contribution in [2.45, 2.75) is 32.1 Å². The zero-order chi connectivity index (χ0) is 14.6. The average Bonchev–Trinajstić information content (AvgIpc) is 2.41. The molecule has 5 nitrogen and oxygen atoms in total. The molecule has 0 aliphatic carbocycles. The Labute approximate surface area is 123 Å². The second-order valence-electron chi connectivity index (χ2n) is 5.41. The van der Waals surface area contributed by atoms with Crippen molar-refractivity contribution < 1.29 is 14.3 Å². The van der Waals surface area contributed by atoms with Gasteiger partial charge in [0.1, 0.15) is 0 Å². The number of nitrogens with zero attached hydrogens (tertiary/aromatic N) is 2. The largest absolute Gasteiger partial charge is 0.383 e. The number of carbonyl (C=O) groups is 1. The van der Waals surface area contributed by atoms with Crippen LogP contribution in [-0.2, 0) is 14.3 Å². The summed E-state index contributed by atoms with van der Waals surface area (Å²) < 4.78 is 10.2. The first-order chi connectivity index (χ1) is 9.77. The first-order valence-corrected chi connectivity index (χ1v) is 7.76. The number of rotatable bonds is 8. The molecule has 118 valence electrons. The fraction of sp³-hybridized carbons (Fsp3) is 0.933. The lowest BCUT2D eigenvalue weighted by Gasteiger charge is -2.28. The fourth-order valence-corrected chi connectivity index (χ4v) is 2.50. The van der Waals surface area contributed by atoms with Crippen molar-refractivity contribution >= 4 is 5.91 Å². The summed E-state index contributed by atoms with van der Waals surface area (Å²) in [4.78, 5) is 16.6. The number of likely N-dealkylation sites (tertiary alicyclic amines) is 1. The summed E-state index contributed by atoms with van der Waals surface area (Å²) in [5.74, 6) is 0.249. The summed E-state index contributed by atoms with van der Waals surface area (Å²) in [6, 6.07) is 0. The minimum Gasteiger partial charge on any atom is -0.383 e. The van der Waals surface area contributed by atoms with Crippen molar-refractivity contribution in [2.75, 3.05) is 60.2 Å². The molecule has 1 aliphatic heterocycles. The smallest absolute Gasteiger partial charge is 0.236 e. The van der Waals surface area contributed by atoms with E-state index in [0.717, 1.165) is 39.0 Å². The molecule has 0 N–H and O–H groups in total. The van der Waals surface area contributed by atoms with E-state index in [2.05, 4.69) is 4.90 Å². The number of amides is 1. The maximum Gasteiger partial charge on any atom is 0.236 e. The van der Waals surface area contributed by atoms with Crippen LogP contribution in [-0.4, -0.2) is 75.9 Å². The summed E-state index contributed by atoms with van der Waals surface area (Å²) >= 11 is 0. The zero-order valence-electron chi connectivity index (χ0n) is 13.1. The van der Waals surface area contributed by atoms with Gasteiger partial charge in [0.25, 0.3) is 0 Å². The van der Waals surface area contributed by atoms with Gasteiger partial charge in [-0.25, -0.2) is 0 Å². The summed E-state index contributed by atoms with van der Waals surface area (Å²) in [5, 5.41) is 0. The van der Waals surface area contributed by atoms with E-state index in [1.807, 2.05) is 4.90 Å². The third-order valence-electron chi connectivity index (χ3n) is 3.79. The number of hydrogen-bond donors (Lipinski definition) is 0. The highest BCUT2D eigenvalue weighted by Crippen LogP contribution is 2.10. The SMILES string of the molecule is COCCN(CCOC)CC(=O)N1CCCCCCC1. The molecule has 0 unspecified atom stereocenters. The molecule has 1 amide bonds. The Hall–Kier alpha value is -0.650. The summed E-state index contributed by atoms with van der Waals surface area (Å²) in [6.45, 7) is 5.17. The lowest BCUT2D eigenvalue weighted by molar-refractivity contribution is -0.133. The zero-order valence-corrected chi connectivity index (χ0v) is 13.1. The molecule has 1 aliphatic rings. The van der Waals surface area contributed by atoms with Gasteiger partial charge in [0.05, 0.1) is 19.8 Å². The van der Waals surface area contributed by atoms with Gasteiger partial charge >= 0.3 is 0 Å². The molecule has 0 aromatic heterocycles. The molecule has 1 saturated heterocycles. The van der Waals surface area contributed by atoms with Gasteiger partial charge in [-0.2, -0.15) is 0 Å². The van der Waals surface area contributed by atoms with Gasteiger partial charge in [-0.15, -0.1) is 0 Å². The molecule has 0 aromatic rings. The summed E-state index contributed by atoms with van der Waals surface area (Å²) in [5.41, 5.74) is 0. The van der Waals surface area contributed by atoms with E-state index in [1.165, 1.54) is 19.3 Å². The number of ether oxygens (including phenoxy) is 2. The quantitative estimate of drug-likeness (QED) is 0.676. The highest BCUT2D eigenvalue weighted by molar-refractivity contribution is 5.78. The fourth-order valence-electron chi connectivity index (χ4n) is 2.50. The highest BCUT2D eigenvalue weighted by atomic mass is 16.5. The van der Waals surface area contributed by atoms with Gasteiger partial charge in [-0.05, 0) is 12.8 Å². The minimum atomic E-state index is 0.249. The second kappa shape index (κ2) is 11.1. The average molecular weight is 286 g/mol. The molecule has 0 spiro atoms. The maximum atomic E-state index is 12.4. The number of methoxy groups -OCH3 is 2. The van der Waals surface area contributed by atoms with Crippen LogP contribution in [0.15, 0.2) is 0 Å². The minimum absolute atomic E-state index is 0.249. The number of carbonyl (C=O) groups excluding carboxylic acids is 1. The Morgan fingerprint density at radius 3 is 1.95 bits per heavy atom. The van der Waals surface area contributed by atoms with Crippen LogP contribution in [0.2, 0.25) is 0 Å². The summed E-state index contributed by atoms with van der Waals surface area (Å²) in [7, 11) is 3.38. The molecule has 5 heteroatoms. The summed E-state index contributed by atoms with van der Waals surface area (Å²) in [6.07, 6.45) is 6.10. The van der Waals surface area contributed by atoms with Crippen molar-refractivity contribution in [1.82, 2.24) is 9.80 Å². The number of hydrogen-bond acceptors (Lipinski definition) is 4. The van der Waals surface area contributed by atoms with Crippen LogP contribution in [0.3, 0.4) is 0 Å². The van der Waals surface area contributed by atoms with Crippen LogP contribution in [0.5, 0.6) is 0 Å². The lowest BCUT2D eigenvalue weighted by atomic mass is 10.1. The second-order valence-corrected chi connectivity index (χ2v) is 5.41. The molecule has 0 atom stereocenters. The van der Waals surface area contributed by atoms with E-state index in [-0.39, 0.29) is 5.91 Å². The lowest BCUT2D eigenvalue weighted by Crippen LogP contribution is -2.43. The Morgan fingerprint density at radius 1 is 0.950 bits per heavy atom. The van der Waals surface area contributed by atoms with Crippen LogP contribution < -0.4 is 0 Å². The topological polar surface area (TPSA) is 42.0 Å². The van der Waals surface area contributed by atoms with Crippen molar-refractivity contribution in [3.8, 4) is 0 Å². The van der Waals surface area contributed by atoms with Crippen molar-refractivity contribution in [1.29, 1.82) is 0 Å². The maximum absolute atomic E-state index is 12.4. The molecule has 1 fully saturated rings. The predicted octanol–water partition coefficient (Wildman–Crippen LogP) is 1.37. The van der Waals surface area contributed by atoms with Gasteiger partial charge in [0.2, 0.25) is 5.91 Å². The Morgan fingerprint density at radius 2 is 1.45 bits per heavy atom. The Bertz CT molecular complexity index is 246. The van der Waals surface area contributed by atoms with Gasteiger partial charge in [0, 0.05) is 40.4 Å². The molecular formula is C15H30N2O3. The van der Waals surface area contributed by atoms with Gasteiger partial charge < -0.3 is 14.4 Å². The van der Waals surface area contributed by atoms with Crippen LogP contribution in [0.1, 0.15) is 32.1 Å². The van der Waals surface area contributed by atoms with Crippen molar-refractivity contribution in [2.24, 2.45) is 0 Å². The molecule has 0 saturated carbocycles. The standard InChI is InChI=1S/C15H30N2O3/c1-19-12-10-16(11-13-20-2)14-15(18)17-8-6-4-3-5-7-9-17/h3-14H2,1-2H3. The Balaban J connectivity index is 2.40. The Kier molecular flexibility index (Phi) is 9.62. The highest BCUT2D eigenvalue weighted by Gasteiger charge is 2.17. The van der Waals surface area contributed by atoms with Crippen LogP contribution in [0.4, 0.5) is 0 Å². The molecule has 0 aromatic carbocycles. The van der Waals surface area contributed by atoms with Crippen molar-refractivity contribution in [3.05, 3.63) is 0 Å². The van der Waals surface area contributed by atoms with Crippen LogP contribution in [0.25, 0.3) is 0 Å². The van der Waals surface area contributed by atoms with E-state index in [0.29, 0.717) is 19.8 Å². The van der Waals surface area contributed by atoms with Gasteiger partial charge in [-0.1, -0.05) is 19.3 Å². The van der Waals surface area contributed by atoms with E-state index < -0.39 is 0 Å². The molecule has 0 radical (unpaired) electrons. The molecule has 1 rings (SSSR count). The predicted molar refractivity (Wildman–Crippen MR) is 79.9 cm³/mol. The van der Waals surface area contributed by atoms with Gasteiger partial charge in [-0.3, -0.25) is 9.69 Å². The van der Waals surface area contributed by atoms with Crippen LogP contribution >= 0.6 is 0 Å². The molecular weight excluding hydrogens is 256 g/mol. The van der Waals surface area contributed by atoms with E-state index in [4.69, 9.17) is 9.47 Å². The van der Waals surface area contributed by atoms with Gasteiger partial charge in [0.15, 0.2) is 0 Å². The normalized spacial score (nSPS) is 17.1. The van der Waals surface area contributed by atoms with Crippen molar-refractivity contribution in [3.63, 3.8) is 0 Å². The monoisotopic (exact) mass is 286 g/mol. The van der Waals surface area contributed by atoms with E-state index in [9.17, 15) is 4.79 Å².